The molecule has 0 saturated heterocycles. The van der Waals surface area contributed by atoms with Crippen LogP contribution in [0.2, 0.25) is 0 Å². The number of hydrogen-bond donors (Lipinski definition) is 1. The summed E-state index contributed by atoms with van der Waals surface area (Å²) in [6.45, 7) is 6.17. The Morgan fingerprint density at radius 2 is 1.76 bits per heavy atom. The molecule has 0 aliphatic heterocycles. The Morgan fingerprint density at radius 3 is 2.29 bits per heavy atom. The van der Waals surface area contributed by atoms with Crippen LogP contribution < -0.4 is 0 Å². The van der Waals surface area contributed by atoms with E-state index in [0.29, 0.717) is 6.42 Å². The zero-order chi connectivity index (χ0) is 15.3. The van der Waals surface area contributed by atoms with Crippen LogP contribution in [-0.4, -0.2) is 15.9 Å². The Hall–Kier alpha value is -2.16. The van der Waals surface area contributed by atoms with Crippen molar-refractivity contribution in [1.29, 1.82) is 0 Å². The molecule has 0 amide bonds. The fraction of sp³-hybridized carbons (Fsp3) is 0.333. The number of hydrogen-bond acceptors (Lipinski definition) is 3. The van der Waals surface area contributed by atoms with Crippen LogP contribution in [0.15, 0.2) is 59.9 Å². The molecule has 1 heterocycles. The van der Waals surface area contributed by atoms with E-state index in [4.69, 9.17) is 0 Å². The summed E-state index contributed by atoms with van der Waals surface area (Å²) in [4.78, 5) is 4.49. The van der Waals surface area contributed by atoms with Gasteiger partial charge in [0, 0.05) is 29.6 Å². The Balaban J connectivity index is 2.39. The van der Waals surface area contributed by atoms with Crippen LogP contribution in [0, 0.1) is 5.41 Å². The molecule has 3 nitrogen and oxygen atoms in total. The van der Waals surface area contributed by atoms with Crippen molar-refractivity contribution in [2.24, 2.45) is 10.6 Å². The van der Waals surface area contributed by atoms with Gasteiger partial charge in [0.1, 0.15) is 0 Å². The average Bonchev–Trinajstić information content (AvgIpc) is 2.49. The highest BCUT2D eigenvalue weighted by molar-refractivity contribution is 5.89. The van der Waals surface area contributed by atoms with Crippen LogP contribution in [0.1, 0.15) is 44.4 Å². The standard InChI is InChI=1S/C18H22N2O/c1-18(2,3)17(20-21)13-15(14-9-5-4-6-10-14)16-11-7-8-12-19-16/h4-12,15,21H,13H2,1-3H3/b20-17-. The molecule has 1 aromatic heterocycles. The van der Waals surface area contributed by atoms with E-state index in [2.05, 4.69) is 43.0 Å². The van der Waals surface area contributed by atoms with Crippen LogP contribution in [0.25, 0.3) is 0 Å². The van der Waals surface area contributed by atoms with E-state index >= 15 is 0 Å². The summed E-state index contributed by atoms with van der Waals surface area (Å²) >= 11 is 0. The van der Waals surface area contributed by atoms with Crippen molar-refractivity contribution in [2.45, 2.75) is 33.1 Å². The maximum absolute atomic E-state index is 9.37. The van der Waals surface area contributed by atoms with E-state index in [1.54, 1.807) is 6.20 Å². The number of rotatable bonds is 4. The summed E-state index contributed by atoms with van der Waals surface area (Å²) in [6, 6.07) is 16.2. The lowest BCUT2D eigenvalue weighted by molar-refractivity contribution is 0.308. The molecule has 0 aliphatic rings. The lowest BCUT2D eigenvalue weighted by Crippen LogP contribution is -2.23. The van der Waals surface area contributed by atoms with Gasteiger partial charge in [0.15, 0.2) is 0 Å². The SMILES string of the molecule is CC(C)(C)/C(CC(c1ccccc1)c1ccccn1)=N\O. The third kappa shape index (κ3) is 3.91. The smallest absolute Gasteiger partial charge is 0.0634 e. The molecular weight excluding hydrogens is 260 g/mol. The van der Waals surface area contributed by atoms with Gasteiger partial charge in [-0.15, -0.1) is 0 Å². The van der Waals surface area contributed by atoms with Crippen molar-refractivity contribution in [3.8, 4) is 0 Å². The van der Waals surface area contributed by atoms with Crippen LogP contribution in [-0.2, 0) is 0 Å². The minimum Gasteiger partial charge on any atom is -0.411 e. The van der Waals surface area contributed by atoms with Gasteiger partial charge >= 0.3 is 0 Å². The average molecular weight is 282 g/mol. The third-order valence-electron chi connectivity index (χ3n) is 3.63. The molecule has 110 valence electrons. The first-order chi connectivity index (χ1) is 10.0. The zero-order valence-electron chi connectivity index (χ0n) is 12.8. The second kappa shape index (κ2) is 6.53. The topological polar surface area (TPSA) is 45.5 Å². The monoisotopic (exact) mass is 282 g/mol. The number of nitrogens with zero attached hydrogens (tertiary/aromatic N) is 2. The summed E-state index contributed by atoms with van der Waals surface area (Å²) in [5.41, 5.74) is 2.79. The second-order valence-electron chi connectivity index (χ2n) is 6.22. The minimum atomic E-state index is -0.170. The number of pyridine rings is 1. The van der Waals surface area contributed by atoms with Gasteiger partial charge in [-0.05, 0) is 17.7 Å². The fourth-order valence-electron chi connectivity index (χ4n) is 2.35. The summed E-state index contributed by atoms with van der Waals surface area (Å²) in [5, 5.41) is 12.9. The van der Waals surface area contributed by atoms with Crippen LogP contribution in [0.5, 0.6) is 0 Å². The molecule has 2 aromatic rings. The summed E-state index contributed by atoms with van der Waals surface area (Å²) < 4.78 is 0. The molecule has 0 saturated carbocycles. The summed E-state index contributed by atoms with van der Waals surface area (Å²) in [6.07, 6.45) is 2.46. The van der Waals surface area contributed by atoms with Gasteiger partial charge in [-0.25, -0.2) is 0 Å². The van der Waals surface area contributed by atoms with Crippen LogP contribution in [0.3, 0.4) is 0 Å². The van der Waals surface area contributed by atoms with Gasteiger partial charge in [0.2, 0.25) is 0 Å². The predicted molar refractivity (Wildman–Crippen MR) is 85.8 cm³/mol. The quantitative estimate of drug-likeness (QED) is 0.510. The molecule has 1 atom stereocenters. The fourth-order valence-corrected chi connectivity index (χ4v) is 2.35. The maximum Gasteiger partial charge on any atom is 0.0634 e. The highest BCUT2D eigenvalue weighted by atomic mass is 16.4. The molecule has 1 aromatic carbocycles. The molecule has 0 fully saturated rings. The number of benzene rings is 1. The third-order valence-corrected chi connectivity index (χ3v) is 3.63. The van der Waals surface area contributed by atoms with Crippen molar-refractivity contribution < 1.29 is 5.21 Å². The predicted octanol–water partition coefficient (Wildman–Crippen LogP) is 4.48. The van der Waals surface area contributed by atoms with Crippen LogP contribution >= 0.6 is 0 Å². The Bertz CT molecular complexity index is 546. The summed E-state index contributed by atoms with van der Waals surface area (Å²) in [7, 11) is 0. The molecule has 21 heavy (non-hydrogen) atoms. The van der Waals surface area contributed by atoms with E-state index < -0.39 is 0 Å². The Labute approximate surface area is 126 Å². The first kappa shape index (κ1) is 15.2. The van der Waals surface area contributed by atoms with Gasteiger partial charge in [0.05, 0.1) is 5.71 Å². The van der Waals surface area contributed by atoms with Gasteiger partial charge in [-0.3, -0.25) is 4.98 Å². The summed E-state index contributed by atoms with van der Waals surface area (Å²) in [5.74, 6) is 0.0949. The Kier molecular flexibility index (Phi) is 4.73. The molecule has 0 radical (unpaired) electrons. The van der Waals surface area contributed by atoms with Crippen molar-refractivity contribution in [2.75, 3.05) is 0 Å². The molecule has 1 N–H and O–H groups in total. The van der Waals surface area contributed by atoms with Gasteiger partial charge in [0.25, 0.3) is 0 Å². The van der Waals surface area contributed by atoms with E-state index in [1.165, 1.54) is 5.56 Å². The van der Waals surface area contributed by atoms with Crippen molar-refractivity contribution in [3.63, 3.8) is 0 Å². The Morgan fingerprint density at radius 1 is 1.10 bits per heavy atom. The number of oxime groups is 1. The zero-order valence-corrected chi connectivity index (χ0v) is 12.8. The van der Waals surface area contributed by atoms with E-state index in [1.807, 2.05) is 36.4 Å². The maximum atomic E-state index is 9.37. The highest BCUT2D eigenvalue weighted by Crippen LogP contribution is 2.31. The van der Waals surface area contributed by atoms with Crippen molar-refractivity contribution in [3.05, 3.63) is 66.0 Å². The number of aromatic nitrogens is 1. The minimum absolute atomic E-state index is 0.0949. The molecular formula is C18H22N2O. The molecule has 1 unspecified atom stereocenters. The molecule has 3 heteroatoms. The van der Waals surface area contributed by atoms with Crippen molar-refractivity contribution in [1.82, 2.24) is 4.98 Å². The first-order valence-electron chi connectivity index (χ1n) is 7.19. The molecule has 2 rings (SSSR count). The lowest BCUT2D eigenvalue weighted by Gasteiger charge is -2.24. The van der Waals surface area contributed by atoms with Gasteiger partial charge in [-0.1, -0.05) is 62.3 Å². The molecule has 0 spiro atoms. The second-order valence-corrected chi connectivity index (χ2v) is 6.22. The highest BCUT2D eigenvalue weighted by Gasteiger charge is 2.25. The largest absolute Gasteiger partial charge is 0.411 e. The van der Waals surface area contributed by atoms with Crippen molar-refractivity contribution >= 4 is 5.71 Å². The molecule has 0 bridgehead atoms. The van der Waals surface area contributed by atoms with E-state index in [-0.39, 0.29) is 11.3 Å². The van der Waals surface area contributed by atoms with E-state index in [0.717, 1.165) is 11.4 Å². The lowest BCUT2D eigenvalue weighted by atomic mass is 9.81. The van der Waals surface area contributed by atoms with E-state index in [9.17, 15) is 5.21 Å². The van der Waals surface area contributed by atoms with Crippen LogP contribution in [0.4, 0.5) is 0 Å². The normalized spacial score (nSPS) is 14.0. The van der Waals surface area contributed by atoms with Gasteiger partial charge < -0.3 is 5.21 Å². The molecule has 0 aliphatic carbocycles. The van der Waals surface area contributed by atoms with Gasteiger partial charge in [-0.2, -0.15) is 0 Å². The first-order valence-corrected chi connectivity index (χ1v) is 7.19.